The third kappa shape index (κ3) is 2.54. The van der Waals surface area contributed by atoms with Crippen molar-refractivity contribution in [3.63, 3.8) is 0 Å². The molecular weight excluding hydrogens is 318 g/mol. The van der Waals surface area contributed by atoms with E-state index in [4.69, 9.17) is 4.74 Å². The number of carbonyl (C=O) groups is 1. The lowest BCUT2D eigenvalue weighted by atomic mass is 10.1. The topological polar surface area (TPSA) is 48.4 Å². The fourth-order valence-electron chi connectivity index (χ4n) is 1.46. The van der Waals surface area contributed by atoms with Crippen LogP contribution in [-0.4, -0.2) is 25.2 Å². The lowest BCUT2D eigenvalue weighted by Gasteiger charge is -2.06. The van der Waals surface area contributed by atoms with E-state index in [0.29, 0.717) is 16.5 Å². The molecule has 1 heterocycles. The van der Waals surface area contributed by atoms with Crippen LogP contribution in [0.25, 0.3) is 11.3 Å². The molecule has 4 nitrogen and oxygen atoms in total. The first-order valence-electron chi connectivity index (χ1n) is 5.03. The third-order valence-electron chi connectivity index (χ3n) is 2.30. The number of halogens is 1. The molecule has 0 amide bonds. The summed E-state index contributed by atoms with van der Waals surface area (Å²) in [5.41, 5.74) is 1.52. The van der Waals surface area contributed by atoms with Crippen LogP contribution in [0.2, 0.25) is 0 Å². The molecule has 2 aromatic rings. The van der Waals surface area contributed by atoms with Gasteiger partial charge in [0.1, 0.15) is 5.75 Å². The third-order valence-corrected chi connectivity index (χ3v) is 3.62. The van der Waals surface area contributed by atoms with E-state index >= 15 is 0 Å². The highest BCUT2D eigenvalue weighted by Gasteiger charge is 2.15. The number of methoxy groups -OCH3 is 2. The minimum atomic E-state index is -0.430. The Balaban J connectivity index is 2.45. The van der Waals surface area contributed by atoms with Gasteiger partial charge in [0.05, 0.1) is 19.9 Å². The summed E-state index contributed by atoms with van der Waals surface area (Å²) in [6, 6.07) is 5.63. The highest BCUT2D eigenvalue weighted by molar-refractivity contribution is 9.10. The quantitative estimate of drug-likeness (QED) is 0.811. The van der Waals surface area contributed by atoms with Crippen LogP contribution in [0.1, 0.15) is 9.80 Å². The van der Waals surface area contributed by atoms with Gasteiger partial charge in [-0.3, -0.25) is 0 Å². The number of carbonyl (C=O) groups excluding carboxylic acids is 1. The molecule has 0 aliphatic carbocycles. The smallest absolute Gasteiger partial charge is 0.367 e. The summed E-state index contributed by atoms with van der Waals surface area (Å²) < 4.78 is 10.8. The first-order chi connectivity index (χ1) is 8.65. The van der Waals surface area contributed by atoms with Crippen LogP contribution in [0.5, 0.6) is 5.75 Å². The van der Waals surface area contributed by atoms with Crippen LogP contribution in [-0.2, 0) is 4.74 Å². The lowest BCUT2D eigenvalue weighted by Crippen LogP contribution is -2.00. The van der Waals surface area contributed by atoms with Gasteiger partial charge in [-0.05, 0) is 18.2 Å². The number of hydrogen-bond acceptors (Lipinski definition) is 5. The number of thiazole rings is 1. The molecule has 2 rings (SSSR count). The SMILES string of the molecule is COC(=O)c1nc(-c2cc(Br)ccc2OC)cs1. The fraction of sp³-hybridized carbons (Fsp3) is 0.167. The normalized spacial score (nSPS) is 10.2. The first-order valence-corrected chi connectivity index (χ1v) is 6.70. The van der Waals surface area contributed by atoms with Gasteiger partial charge in [-0.25, -0.2) is 9.78 Å². The standard InChI is InChI=1S/C12H10BrNO3S/c1-16-10-4-3-7(13)5-8(10)9-6-18-11(14-9)12(15)17-2/h3-6H,1-2H3. The fourth-order valence-corrected chi connectivity index (χ4v) is 2.55. The largest absolute Gasteiger partial charge is 0.496 e. The van der Waals surface area contributed by atoms with Crippen LogP contribution in [0.4, 0.5) is 0 Å². The Morgan fingerprint density at radius 1 is 1.39 bits per heavy atom. The molecule has 0 radical (unpaired) electrons. The number of ether oxygens (including phenoxy) is 2. The molecule has 0 saturated carbocycles. The molecule has 0 aliphatic heterocycles. The van der Waals surface area contributed by atoms with E-state index in [0.717, 1.165) is 10.0 Å². The Labute approximate surface area is 117 Å². The Bertz CT molecular complexity index is 582. The maximum Gasteiger partial charge on any atom is 0.367 e. The number of hydrogen-bond donors (Lipinski definition) is 0. The minimum Gasteiger partial charge on any atom is -0.496 e. The molecule has 6 heteroatoms. The second kappa shape index (κ2) is 5.49. The van der Waals surface area contributed by atoms with Crippen molar-refractivity contribution >= 4 is 33.2 Å². The molecule has 94 valence electrons. The van der Waals surface area contributed by atoms with Crippen molar-refractivity contribution in [2.75, 3.05) is 14.2 Å². The molecule has 0 N–H and O–H groups in total. The average molecular weight is 328 g/mol. The van der Waals surface area contributed by atoms with Gasteiger partial charge in [0, 0.05) is 15.4 Å². The molecule has 0 saturated heterocycles. The van der Waals surface area contributed by atoms with Crippen LogP contribution in [0.3, 0.4) is 0 Å². The Morgan fingerprint density at radius 3 is 2.83 bits per heavy atom. The Morgan fingerprint density at radius 2 is 2.17 bits per heavy atom. The molecular formula is C12H10BrNO3S. The number of rotatable bonds is 3. The van der Waals surface area contributed by atoms with Crippen molar-refractivity contribution in [2.45, 2.75) is 0 Å². The molecule has 0 fully saturated rings. The predicted octanol–water partition coefficient (Wildman–Crippen LogP) is 3.37. The number of esters is 1. The van der Waals surface area contributed by atoms with Gasteiger partial charge in [-0.1, -0.05) is 15.9 Å². The van der Waals surface area contributed by atoms with E-state index in [1.807, 2.05) is 18.2 Å². The van der Waals surface area contributed by atoms with Gasteiger partial charge in [-0.15, -0.1) is 11.3 Å². The zero-order valence-electron chi connectivity index (χ0n) is 9.77. The Kier molecular flexibility index (Phi) is 3.98. The summed E-state index contributed by atoms with van der Waals surface area (Å²) in [5, 5.41) is 2.13. The van der Waals surface area contributed by atoms with Crippen molar-refractivity contribution in [1.29, 1.82) is 0 Å². The van der Waals surface area contributed by atoms with Gasteiger partial charge in [-0.2, -0.15) is 0 Å². The van der Waals surface area contributed by atoms with Crippen molar-refractivity contribution in [2.24, 2.45) is 0 Å². The summed E-state index contributed by atoms with van der Waals surface area (Å²) in [6.07, 6.45) is 0. The van der Waals surface area contributed by atoms with Crippen molar-refractivity contribution < 1.29 is 14.3 Å². The highest BCUT2D eigenvalue weighted by atomic mass is 79.9. The molecule has 18 heavy (non-hydrogen) atoms. The molecule has 1 aromatic carbocycles. The summed E-state index contributed by atoms with van der Waals surface area (Å²) in [6.45, 7) is 0. The maximum absolute atomic E-state index is 11.4. The number of aromatic nitrogens is 1. The minimum absolute atomic E-state index is 0.328. The lowest BCUT2D eigenvalue weighted by molar-refractivity contribution is 0.0600. The summed E-state index contributed by atoms with van der Waals surface area (Å²) in [4.78, 5) is 15.6. The molecule has 0 bridgehead atoms. The van der Waals surface area contributed by atoms with Crippen LogP contribution in [0, 0.1) is 0 Å². The first kappa shape index (κ1) is 13.0. The van der Waals surface area contributed by atoms with Crippen LogP contribution < -0.4 is 4.74 Å². The summed E-state index contributed by atoms with van der Waals surface area (Å²) in [5.74, 6) is 0.278. The second-order valence-electron chi connectivity index (χ2n) is 3.37. The van der Waals surface area contributed by atoms with E-state index < -0.39 is 5.97 Å². The highest BCUT2D eigenvalue weighted by Crippen LogP contribution is 2.33. The molecule has 0 spiro atoms. The number of benzene rings is 1. The van der Waals surface area contributed by atoms with Crippen molar-refractivity contribution in [3.8, 4) is 17.0 Å². The van der Waals surface area contributed by atoms with E-state index in [9.17, 15) is 4.79 Å². The predicted molar refractivity (Wildman–Crippen MR) is 73.1 cm³/mol. The van der Waals surface area contributed by atoms with Crippen LogP contribution in [0.15, 0.2) is 28.1 Å². The molecule has 0 atom stereocenters. The van der Waals surface area contributed by atoms with Crippen molar-refractivity contribution in [1.82, 2.24) is 4.98 Å². The van der Waals surface area contributed by atoms with Gasteiger partial charge in [0.25, 0.3) is 0 Å². The molecule has 0 unspecified atom stereocenters. The van der Waals surface area contributed by atoms with E-state index in [1.165, 1.54) is 18.4 Å². The summed E-state index contributed by atoms with van der Waals surface area (Å²) in [7, 11) is 2.93. The van der Waals surface area contributed by atoms with E-state index in [1.54, 1.807) is 12.5 Å². The van der Waals surface area contributed by atoms with Crippen molar-refractivity contribution in [3.05, 3.63) is 33.1 Å². The van der Waals surface area contributed by atoms with Crippen LogP contribution >= 0.6 is 27.3 Å². The zero-order chi connectivity index (χ0) is 13.1. The van der Waals surface area contributed by atoms with E-state index in [-0.39, 0.29) is 0 Å². The van der Waals surface area contributed by atoms with Gasteiger partial charge in [0.2, 0.25) is 5.01 Å². The van der Waals surface area contributed by atoms with Gasteiger partial charge >= 0.3 is 5.97 Å². The van der Waals surface area contributed by atoms with Gasteiger partial charge < -0.3 is 9.47 Å². The average Bonchev–Trinajstić information content (AvgIpc) is 2.87. The van der Waals surface area contributed by atoms with E-state index in [2.05, 4.69) is 25.7 Å². The Hall–Kier alpha value is -1.40. The maximum atomic E-state index is 11.4. The second-order valence-corrected chi connectivity index (χ2v) is 5.15. The molecule has 0 aliphatic rings. The molecule has 1 aromatic heterocycles. The monoisotopic (exact) mass is 327 g/mol. The number of nitrogens with zero attached hydrogens (tertiary/aromatic N) is 1. The zero-order valence-corrected chi connectivity index (χ0v) is 12.2. The summed E-state index contributed by atoms with van der Waals surface area (Å²) >= 11 is 4.65. The van der Waals surface area contributed by atoms with Gasteiger partial charge in [0.15, 0.2) is 0 Å².